The summed E-state index contributed by atoms with van der Waals surface area (Å²) in [6.45, 7) is 3.88. The number of aliphatic hydroxyl groups is 4. The summed E-state index contributed by atoms with van der Waals surface area (Å²) in [5.41, 5.74) is -3.83. The van der Waals surface area contributed by atoms with Crippen LogP contribution in [0.2, 0.25) is 0 Å². The summed E-state index contributed by atoms with van der Waals surface area (Å²) in [6.07, 6.45) is -2.06. The third-order valence-corrected chi connectivity index (χ3v) is 11.6. The van der Waals surface area contributed by atoms with E-state index in [9.17, 15) is 20.4 Å². The van der Waals surface area contributed by atoms with E-state index in [1.807, 2.05) is 0 Å². The predicted octanol–water partition coefficient (Wildman–Crippen LogP) is -0.758. The van der Waals surface area contributed by atoms with Gasteiger partial charge in [0.05, 0.1) is 42.7 Å². The van der Waals surface area contributed by atoms with Crippen molar-refractivity contribution >= 4 is 0 Å². The first-order chi connectivity index (χ1) is 16.2. The van der Waals surface area contributed by atoms with Gasteiger partial charge < -0.3 is 39.4 Å². The lowest BCUT2D eigenvalue weighted by Crippen LogP contribution is -2.78. The smallest absolute Gasteiger partial charge is 0.117 e. The molecule has 1 spiro atoms. The summed E-state index contributed by atoms with van der Waals surface area (Å²) in [4.78, 5) is 2.39. The number of piperidine rings is 1. The molecule has 9 nitrogen and oxygen atoms in total. The highest BCUT2D eigenvalue weighted by Crippen LogP contribution is 2.79. The van der Waals surface area contributed by atoms with Crippen molar-refractivity contribution in [1.82, 2.24) is 4.90 Å². The van der Waals surface area contributed by atoms with Crippen molar-refractivity contribution in [3.8, 4) is 0 Å². The van der Waals surface area contributed by atoms with Gasteiger partial charge in [0, 0.05) is 82.5 Å². The van der Waals surface area contributed by atoms with E-state index in [0.29, 0.717) is 26.0 Å². The van der Waals surface area contributed by atoms with Gasteiger partial charge in [0.2, 0.25) is 0 Å². The third-order valence-electron chi connectivity index (χ3n) is 11.6. The number of hydrogen-bond donors (Lipinski definition) is 4. The zero-order chi connectivity index (χ0) is 24.4. The molecule has 0 amide bonds. The van der Waals surface area contributed by atoms with Gasteiger partial charge in [-0.3, -0.25) is 4.90 Å². The maximum Gasteiger partial charge on any atom is 0.117 e. The standard InChI is InChI=1S/C25H41NO8/c1-6-26-10-22(11-31-2)13(27)7-14(32-3)25-12-8-23(29)15(33-4)9-24(30,16(12)21(23)28)17(20(25)26)18(34-5)19(22)25/h12-21,27-30H,6-11H2,1-5H3/t12?,13?,14?,15-,16+,17?,18?,19+,20?,21?,22?,23-,24+,25?/m0/s1. The molecule has 0 aromatic rings. The first kappa shape index (κ1) is 24.0. The van der Waals surface area contributed by atoms with E-state index in [1.165, 1.54) is 0 Å². The fourth-order valence-electron chi connectivity index (χ4n) is 10.9. The number of nitrogens with zero attached hydrogens (tertiary/aromatic N) is 1. The molecule has 5 aliphatic carbocycles. The van der Waals surface area contributed by atoms with Gasteiger partial charge in [-0.1, -0.05) is 6.92 Å². The molecule has 9 heteroatoms. The topological polar surface area (TPSA) is 121 Å². The van der Waals surface area contributed by atoms with Crippen LogP contribution in [0.15, 0.2) is 0 Å². The summed E-state index contributed by atoms with van der Waals surface area (Å²) in [6, 6.07) is -0.0636. The SMILES string of the molecule is CCN1CC2(COC)C(O)CC(OC)C34C5C[C@@]6(O)C(O)[C@@H]5[C@](O)(C[C@@H]6OC)C(C(OC)[C@H]23)C14. The van der Waals surface area contributed by atoms with E-state index in [0.717, 1.165) is 6.54 Å². The van der Waals surface area contributed by atoms with E-state index >= 15 is 0 Å². The Balaban J connectivity index is 1.66. The molecule has 0 radical (unpaired) electrons. The molecule has 6 fully saturated rings. The van der Waals surface area contributed by atoms with Crippen LogP contribution in [-0.4, -0.2) is 121 Å². The molecule has 34 heavy (non-hydrogen) atoms. The van der Waals surface area contributed by atoms with Crippen LogP contribution in [0.3, 0.4) is 0 Å². The zero-order valence-electron chi connectivity index (χ0n) is 20.9. The van der Waals surface area contributed by atoms with Gasteiger partial charge in [-0.15, -0.1) is 0 Å². The summed E-state index contributed by atoms with van der Waals surface area (Å²) >= 11 is 0. The van der Waals surface area contributed by atoms with Crippen molar-refractivity contribution < 1.29 is 39.4 Å². The summed E-state index contributed by atoms with van der Waals surface area (Å²) in [5, 5.41) is 47.6. The number of fused-ring (bicyclic) bond motifs is 2. The molecule has 9 unspecified atom stereocenters. The number of methoxy groups -OCH3 is 4. The van der Waals surface area contributed by atoms with Crippen LogP contribution in [0.25, 0.3) is 0 Å². The van der Waals surface area contributed by atoms with Gasteiger partial charge in [-0.2, -0.15) is 0 Å². The maximum atomic E-state index is 12.6. The molecule has 6 rings (SSSR count). The molecule has 1 aliphatic heterocycles. The molecule has 6 aliphatic rings. The van der Waals surface area contributed by atoms with Crippen molar-refractivity contribution in [3.05, 3.63) is 0 Å². The second-order valence-electron chi connectivity index (χ2n) is 12.0. The molecule has 14 atom stereocenters. The predicted molar refractivity (Wildman–Crippen MR) is 120 cm³/mol. The zero-order valence-corrected chi connectivity index (χ0v) is 20.9. The number of rotatable bonds is 6. The van der Waals surface area contributed by atoms with E-state index in [-0.39, 0.29) is 42.4 Å². The van der Waals surface area contributed by atoms with E-state index in [1.54, 1.807) is 28.4 Å². The Bertz CT molecular complexity index is 846. The lowest BCUT2D eigenvalue weighted by atomic mass is 9.42. The van der Waals surface area contributed by atoms with Gasteiger partial charge in [0.1, 0.15) is 5.60 Å². The van der Waals surface area contributed by atoms with E-state index < -0.39 is 46.3 Å². The highest BCUT2D eigenvalue weighted by molar-refractivity contribution is 5.38. The number of ether oxygens (including phenoxy) is 4. The second-order valence-corrected chi connectivity index (χ2v) is 12.0. The Morgan fingerprint density at radius 1 is 0.912 bits per heavy atom. The minimum Gasteiger partial charge on any atom is -0.392 e. The van der Waals surface area contributed by atoms with Gasteiger partial charge in [0.25, 0.3) is 0 Å². The molecule has 1 saturated heterocycles. The van der Waals surface area contributed by atoms with Crippen molar-refractivity contribution in [2.45, 2.75) is 73.9 Å². The monoisotopic (exact) mass is 483 g/mol. The fraction of sp³-hybridized carbons (Fsp3) is 1.00. The summed E-state index contributed by atoms with van der Waals surface area (Å²) < 4.78 is 24.0. The Morgan fingerprint density at radius 3 is 2.21 bits per heavy atom. The molecule has 0 aromatic heterocycles. The average molecular weight is 484 g/mol. The second kappa shape index (κ2) is 7.36. The lowest BCUT2D eigenvalue weighted by molar-refractivity contribution is -0.298. The Kier molecular flexibility index (Phi) is 5.19. The van der Waals surface area contributed by atoms with Crippen LogP contribution in [0.1, 0.15) is 26.2 Å². The lowest BCUT2D eigenvalue weighted by Gasteiger charge is -2.70. The molecule has 1 heterocycles. The van der Waals surface area contributed by atoms with Gasteiger partial charge in [-0.25, -0.2) is 0 Å². The summed E-state index contributed by atoms with van der Waals surface area (Å²) in [5.74, 6) is -1.20. The quantitative estimate of drug-likeness (QED) is 0.386. The van der Waals surface area contributed by atoms with Gasteiger partial charge in [0.15, 0.2) is 0 Å². The van der Waals surface area contributed by atoms with Crippen molar-refractivity contribution in [3.63, 3.8) is 0 Å². The van der Waals surface area contributed by atoms with E-state index in [2.05, 4.69) is 11.8 Å². The minimum atomic E-state index is -1.43. The molecule has 7 bridgehead atoms. The number of hydrogen-bond acceptors (Lipinski definition) is 9. The molecule has 4 N–H and O–H groups in total. The fourth-order valence-corrected chi connectivity index (χ4v) is 10.9. The van der Waals surface area contributed by atoms with Gasteiger partial charge in [-0.05, 0) is 18.9 Å². The molecule has 0 aromatic carbocycles. The maximum absolute atomic E-state index is 12.6. The van der Waals surface area contributed by atoms with Crippen LogP contribution < -0.4 is 0 Å². The average Bonchev–Trinajstić information content (AvgIpc) is 3.17. The van der Waals surface area contributed by atoms with Crippen LogP contribution in [0.5, 0.6) is 0 Å². The Hall–Kier alpha value is -0.360. The molecule has 5 saturated carbocycles. The Morgan fingerprint density at radius 2 is 1.62 bits per heavy atom. The van der Waals surface area contributed by atoms with Crippen LogP contribution in [0, 0.1) is 34.5 Å². The third kappa shape index (κ3) is 2.26. The number of likely N-dealkylation sites (tertiary alicyclic amines) is 1. The number of aliphatic hydroxyl groups excluding tert-OH is 2. The van der Waals surface area contributed by atoms with Crippen LogP contribution >= 0.6 is 0 Å². The first-order valence-corrected chi connectivity index (χ1v) is 12.8. The molecular formula is C25H41NO8. The minimum absolute atomic E-state index is 0.0636. The highest BCUT2D eigenvalue weighted by atomic mass is 16.5. The Labute approximate surface area is 201 Å². The molecule has 194 valence electrons. The highest BCUT2D eigenvalue weighted by Gasteiger charge is 2.89. The van der Waals surface area contributed by atoms with Crippen LogP contribution in [0.4, 0.5) is 0 Å². The van der Waals surface area contributed by atoms with Crippen molar-refractivity contribution in [2.75, 3.05) is 48.1 Å². The van der Waals surface area contributed by atoms with Gasteiger partial charge >= 0.3 is 0 Å². The summed E-state index contributed by atoms with van der Waals surface area (Å²) in [7, 11) is 6.61. The molecular weight excluding hydrogens is 442 g/mol. The largest absolute Gasteiger partial charge is 0.392 e. The van der Waals surface area contributed by atoms with E-state index in [4.69, 9.17) is 18.9 Å². The first-order valence-electron chi connectivity index (χ1n) is 12.8. The van der Waals surface area contributed by atoms with Crippen molar-refractivity contribution in [1.29, 1.82) is 0 Å². The van der Waals surface area contributed by atoms with Crippen LogP contribution in [-0.2, 0) is 18.9 Å². The van der Waals surface area contributed by atoms with Crippen molar-refractivity contribution in [2.24, 2.45) is 34.5 Å². The normalized spacial score (nSPS) is 61.7.